The minimum absolute atomic E-state index is 0.154. The first kappa shape index (κ1) is 15.2. The van der Waals surface area contributed by atoms with Gasteiger partial charge in [0.15, 0.2) is 0 Å². The van der Waals surface area contributed by atoms with Gasteiger partial charge in [0.2, 0.25) is 0 Å². The van der Waals surface area contributed by atoms with Crippen molar-refractivity contribution in [1.82, 2.24) is 0 Å². The molecule has 0 unspecified atom stereocenters. The summed E-state index contributed by atoms with van der Waals surface area (Å²) in [4.78, 5) is 0. The molecule has 0 aromatic rings. The van der Waals surface area contributed by atoms with Crippen molar-refractivity contribution in [3.63, 3.8) is 0 Å². The lowest BCUT2D eigenvalue weighted by atomic mass is 9.96. The smallest absolute Gasteiger partial charge is 0.0612 e. The van der Waals surface area contributed by atoms with E-state index >= 15 is 0 Å². The van der Waals surface area contributed by atoms with Crippen LogP contribution in [-0.4, -0.2) is 11.7 Å². The third-order valence-electron chi connectivity index (χ3n) is 2.06. The van der Waals surface area contributed by atoms with Crippen LogP contribution in [-0.2, 0) is 0 Å². The maximum Gasteiger partial charge on any atom is 0.0612 e. The van der Waals surface area contributed by atoms with Crippen LogP contribution in [0.5, 0.6) is 0 Å². The molecule has 0 aromatic carbocycles. The Bertz CT molecular complexity index is 228. The van der Waals surface area contributed by atoms with Gasteiger partial charge >= 0.3 is 0 Å². The average molecular weight is 222 g/mol. The van der Waals surface area contributed by atoms with Gasteiger partial charge < -0.3 is 5.11 Å². The largest absolute Gasteiger partial charge is 0.392 e. The molecule has 0 atom stereocenters. The van der Waals surface area contributed by atoms with Gasteiger partial charge in [0.25, 0.3) is 0 Å². The van der Waals surface area contributed by atoms with Crippen LogP contribution in [0.4, 0.5) is 0 Å². The second-order valence-electron chi connectivity index (χ2n) is 5.05. The van der Waals surface area contributed by atoms with Crippen LogP contribution in [0.25, 0.3) is 0 Å². The standard InChI is InChI=1S/C15H26O/c1-15(2,3)13-11-9-7-5-4-6-8-10-12-14-16/h4-5,10-13,16H,6-9,14H2,1-3H3/b5-4+,12-10+,13-11+. The SMILES string of the molecule is CC(C)(C)/C=C/CC/C=C/CC/C=C/CO. The molecule has 92 valence electrons. The first-order valence-corrected chi connectivity index (χ1v) is 6.15. The highest BCUT2D eigenvalue weighted by molar-refractivity contribution is 4.94. The van der Waals surface area contributed by atoms with Crippen molar-refractivity contribution in [2.75, 3.05) is 6.61 Å². The lowest BCUT2D eigenvalue weighted by molar-refractivity contribution is 0.342. The van der Waals surface area contributed by atoms with E-state index in [1.165, 1.54) is 0 Å². The monoisotopic (exact) mass is 222 g/mol. The van der Waals surface area contributed by atoms with Crippen molar-refractivity contribution < 1.29 is 5.11 Å². The summed E-state index contributed by atoms with van der Waals surface area (Å²) in [5.74, 6) is 0. The number of hydrogen-bond acceptors (Lipinski definition) is 1. The predicted octanol–water partition coefficient (Wildman–Crippen LogP) is 4.25. The Morgan fingerprint density at radius 3 is 1.62 bits per heavy atom. The van der Waals surface area contributed by atoms with Crippen molar-refractivity contribution >= 4 is 0 Å². The van der Waals surface area contributed by atoms with Gasteiger partial charge in [-0.2, -0.15) is 0 Å². The van der Waals surface area contributed by atoms with Gasteiger partial charge in [-0.05, 0) is 31.1 Å². The maximum atomic E-state index is 8.52. The third kappa shape index (κ3) is 13.2. The second kappa shape index (κ2) is 9.41. The molecule has 1 nitrogen and oxygen atoms in total. The van der Waals surface area contributed by atoms with Crippen LogP contribution in [0.2, 0.25) is 0 Å². The van der Waals surface area contributed by atoms with Crippen LogP contribution in [0, 0.1) is 5.41 Å². The Morgan fingerprint density at radius 2 is 1.19 bits per heavy atom. The molecule has 0 saturated carbocycles. The molecule has 0 rings (SSSR count). The van der Waals surface area contributed by atoms with Crippen molar-refractivity contribution in [2.24, 2.45) is 5.41 Å². The first-order chi connectivity index (χ1) is 7.56. The van der Waals surface area contributed by atoms with Gasteiger partial charge in [0, 0.05) is 0 Å². The Balaban J connectivity index is 3.41. The fourth-order valence-electron chi connectivity index (χ4n) is 1.25. The molecule has 0 aliphatic rings. The Morgan fingerprint density at radius 1 is 0.750 bits per heavy atom. The molecule has 0 aromatic heterocycles. The number of aliphatic hydroxyl groups is 1. The maximum absolute atomic E-state index is 8.52. The molecule has 0 saturated heterocycles. The average Bonchev–Trinajstić information content (AvgIpc) is 2.19. The van der Waals surface area contributed by atoms with Gasteiger partial charge in [-0.3, -0.25) is 0 Å². The normalized spacial score (nSPS) is 13.5. The summed E-state index contributed by atoms with van der Waals surface area (Å²) in [6.45, 7) is 6.80. The number of allylic oxidation sites excluding steroid dienone is 5. The minimum atomic E-state index is 0.154. The van der Waals surface area contributed by atoms with Crippen LogP contribution in [0.1, 0.15) is 46.5 Å². The predicted molar refractivity (Wildman–Crippen MR) is 72.4 cm³/mol. The summed E-state index contributed by atoms with van der Waals surface area (Å²) in [7, 11) is 0. The highest BCUT2D eigenvalue weighted by Crippen LogP contribution is 2.15. The lowest BCUT2D eigenvalue weighted by Gasteiger charge is -2.10. The van der Waals surface area contributed by atoms with E-state index in [9.17, 15) is 0 Å². The molecular formula is C15H26O. The highest BCUT2D eigenvalue weighted by atomic mass is 16.2. The fraction of sp³-hybridized carbons (Fsp3) is 0.600. The number of rotatable bonds is 7. The summed E-state index contributed by atoms with van der Waals surface area (Å²) in [6.07, 6.45) is 17.1. The summed E-state index contributed by atoms with van der Waals surface area (Å²) in [6, 6.07) is 0. The molecule has 0 fully saturated rings. The summed E-state index contributed by atoms with van der Waals surface area (Å²) >= 11 is 0. The zero-order valence-corrected chi connectivity index (χ0v) is 10.9. The van der Waals surface area contributed by atoms with Gasteiger partial charge in [0.1, 0.15) is 0 Å². The van der Waals surface area contributed by atoms with Gasteiger partial charge in [-0.1, -0.05) is 57.2 Å². The molecule has 0 aliphatic heterocycles. The van der Waals surface area contributed by atoms with Crippen LogP contribution in [0.3, 0.4) is 0 Å². The van der Waals surface area contributed by atoms with Gasteiger partial charge in [-0.15, -0.1) is 0 Å². The molecule has 0 amide bonds. The summed E-state index contributed by atoms with van der Waals surface area (Å²) in [5.41, 5.74) is 0.304. The van der Waals surface area contributed by atoms with E-state index in [2.05, 4.69) is 45.1 Å². The minimum Gasteiger partial charge on any atom is -0.392 e. The molecule has 0 aliphatic carbocycles. The van der Waals surface area contributed by atoms with Crippen molar-refractivity contribution in [3.8, 4) is 0 Å². The van der Waals surface area contributed by atoms with E-state index in [0.29, 0.717) is 5.41 Å². The van der Waals surface area contributed by atoms with E-state index in [4.69, 9.17) is 5.11 Å². The highest BCUT2D eigenvalue weighted by Gasteiger charge is 2.01. The summed E-state index contributed by atoms with van der Waals surface area (Å²) in [5, 5.41) is 8.52. The number of unbranched alkanes of at least 4 members (excludes halogenated alkanes) is 2. The van der Waals surface area contributed by atoms with Crippen LogP contribution in [0.15, 0.2) is 36.5 Å². The fourth-order valence-corrected chi connectivity index (χ4v) is 1.25. The molecule has 0 bridgehead atoms. The molecule has 1 heteroatoms. The van der Waals surface area contributed by atoms with E-state index in [0.717, 1.165) is 25.7 Å². The van der Waals surface area contributed by atoms with Crippen LogP contribution < -0.4 is 0 Å². The molecule has 0 radical (unpaired) electrons. The number of aliphatic hydroxyl groups excluding tert-OH is 1. The molecular weight excluding hydrogens is 196 g/mol. The Kier molecular flexibility index (Phi) is 8.93. The molecule has 16 heavy (non-hydrogen) atoms. The van der Waals surface area contributed by atoms with Gasteiger partial charge in [0.05, 0.1) is 6.61 Å². The Labute approximate surface area is 101 Å². The first-order valence-electron chi connectivity index (χ1n) is 6.15. The summed E-state index contributed by atoms with van der Waals surface area (Å²) < 4.78 is 0. The Hall–Kier alpha value is -0.820. The third-order valence-corrected chi connectivity index (χ3v) is 2.06. The molecule has 0 spiro atoms. The van der Waals surface area contributed by atoms with Crippen molar-refractivity contribution in [1.29, 1.82) is 0 Å². The van der Waals surface area contributed by atoms with Crippen molar-refractivity contribution in [3.05, 3.63) is 36.5 Å². The zero-order chi connectivity index (χ0) is 12.3. The van der Waals surface area contributed by atoms with Gasteiger partial charge in [-0.25, -0.2) is 0 Å². The topological polar surface area (TPSA) is 20.2 Å². The lowest BCUT2D eigenvalue weighted by Crippen LogP contribution is -1.97. The van der Waals surface area contributed by atoms with Crippen molar-refractivity contribution in [2.45, 2.75) is 46.5 Å². The molecule has 1 N–H and O–H groups in total. The van der Waals surface area contributed by atoms with E-state index in [1.54, 1.807) is 6.08 Å². The van der Waals surface area contributed by atoms with E-state index in [-0.39, 0.29) is 6.61 Å². The van der Waals surface area contributed by atoms with E-state index < -0.39 is 0 Å². The second-order valence-corrected chi connectivity index (χ2v) is 5.05. The van der Waals surface area contributed by atoms with E-state index in [1.807, 2.05) is 6.08 Å². The molecule has 0 heterocycles. The number of hydrogen-bond donors (Lipinski definition) is 1. The zero-order valence-electron chi connectivity index (χ0n) is 10.9. The quantitative estimate of drug-likeness (QED) is 0.504. The van der Waals surface area contributed by atoms with Crippen LogP contribution >= 0.6 is 0 Å².